The minimum Gasteiger partial charge on any atom is -0.632 e. The SMILES string of the molecule is COc1ccc2c3c(c4cc(OC)c(OC)cc4c2c1)C[N+]1([O-])CCC[C@H]1[C@@H]3O. The Hall–Kier alpha value is -2.54. The topological polar surface area (TPSA) is 71.0 Å². The Morgan fingerprint density at radius 2 is 1.62 bits per heavy atom. The van der Waals surface area contributed by atoms with Crippen molar-refractivity contribution in [3.8, 4) is 17.2 Å². The Morgan fingerprint density at radius 1 is 0.931 bits per heavy atom. The third-order valence-electron chi connectivity index (χ3n) is 6.71. The Morgan fingerprint density at radius 3 is 2.31 bits per heavy atom. The molecule has 0 aromatic heterocycles. The second kappa shape index (κ2) is 6.49. The Balaban J connectivity index is 1.93. The highest BCUT2D eigenvalue weighted by Gasteiger charge is 2.46. The van der Waals surface area contributed by atoms with Gasteiger partial charge in [0.05, 0.1) is 27.9 Å². The number of benzene rings is 3. The van der Waals surface area contributed by atoms with Crippen LogP contribution in [0.15, 0.2) is 30.3 Å². The Kier molecular flexibility index (Phi) is 4.13. The van der Waals surface area contributed by atoms with Gasteiger partial charge in [0, 0.05) is 24.0 Å². The summed E-state index contributed by atoms with van der Waals surface area (Å²) in [7, 11) is 4.86. The van der Waals surface area contributed by atoms with Gasteiger partial charge in [0.15, 0.2) is 11.5 Å². The minimum atomic E-state index is -0.785. The van der Waals surface area contributed by atoms with Crippen molar-refractivity contribution in [3.63, 3.8) is 0 Å². The number of aliphatic hydroxyl groups is 1. The highest BCUT2D eigenvalue weighted by molar-refractivity contribution is 6.12. The van der Waals surface area contributed by atoms with E-state index in [2.05, 4.69) is 0 Å². The van der Waals surface area contributed by atoms with Crippen LogP contribution in [0, 0.1) is 5.21 Å². The molecule has 0 aliphatic carbocycles. The molecule has 6 nitrogen and oxygen atoms in total. The second-order valence-corrected chi connectivity index (χ2v) is 8.05. The second-order valence-electron chi connectivity index (χ2n) is 8.05. The zero-order chi connectivity index (χ0) is 20.3. The molecule has 0 amide bonds. The van der Waals surface area contributed by atoms with Gasteiger partial charge in [-0.25, -0.2) is 0 Å². The number of ether oxygens (including phenoxy) is 3. The first kappa shape index (κ1) is 18.5. The summed E-state index contributed by atoms with van der Waals surface area (Å²) in [4.78, 5) is 0. The number of hydroxylamine groups is 3. The van der Waals surface area contributed by atoms with Crippen LogP contribution >= 0.6 is 0 Å². The van der Waals surface area contributed by atoms with Gasteiger partial charge in [-0.3, -0.25) is 0 Å². The normalized spacial score (nSPS) is 25.7. The van der Waals surface area contributed by atoms with Crippen molar-refractivity contribution in [1.82, 2.24) is 0 Å². The summed E-state index contributed by atoms with van der Waals surface area (Å²) in [5.41, 5.74) is 1.79. The molecule has 1 saturated heterocycles. The number of hydrogen-bond acceptors (Lipinski definition) is 5. The molecule has 2 aliphatic heterocycles. The van der Waals surface area contributed by atoms with Gasteiger partial charge in [-0.05, 0) is 45.8 Å². The molecule has 5 rings (SSSR count). The first-order chi connectivity index (χ1) is 14.0. The third kappa shape index (κ3) is 2.53. The highest BCUT2D eigenvalue weighted by Crippen LogP contribution is 2.49. The lowest BCUT2D eigenvalue weighted by molar-refractivity contribution is -0.912. The van der Waals surface area contributed by atoms with Crippen molar-refractivity contribution in [1.29, 1.82) is 0 Å². The van der Waals surface area contributed by atoms with Crippen molar-refractivity contribution in [2.45, 2.75) is 31.5 Å². The number of rotatable bonds is 3. The van der Waals surface area contributed by atoms with E-state index in [9.17, 15) is 10.3 Å². The molecule has 3 aromatic carbocycles. The lowest BCUT2D eigenvalue weighted by Gasteiger charge is -2.50. The molecule has 1 unspecified atom stereocenters. The van der Waals surface area contributed by atoms with E-state index in [-0.39, 0.29) is 10.7 Å². The first-order valence-corrected chi connectivity index (χ1v) is 9.95. The fourth-order valence-corrected chi connectivity index (χ4v) is 5.32. The van der Waals surface area contributed by atoms with E-state index < -0.39 is 6.10 Å². The summed E-state index contributed by atoms with van der Waals surface area (Å²) in [6.07, 6.45) is 0.818. The summed E-state index contributed by atoms with van der Waals surface area (Å²) >= 11 is 0. The van der Waals surface area contributed by atoms with E-state index in [1.54, 1.807) is 21.3 Å². The summed E-state index contributed by atoms with van der Waals surface area (Å²) in [6.45, 7) is 0.918. The maximum atomic E-state index is 13.5. The van der Waals surface area contributed by atoms with Crippen LogP contribution in [-0.2, 0) is 6.54 Å². The quantitative estimate of drug-likeness (QED) is 0.412. The smallest absolute Gasteiger partial charge is 0.161 e. The fraction of sp³-hybridized carbons (Fsp3) is 0.391. The summed E-state index contributed by atoms with van der Waals surface area (Å²) in [5, 5.41) is 28.7. The molecule has 3 aromatic rings. The molecule has 1 fully saturated rings. The van der Waals surface area contributed by atoms with Crippen LogP contribution in [0.4, 0.5) is 0 Å². The molecule has 6 heteroatoms. The molecular weight excluding hydrogens is 370 g/mol. The number of nitrogens with zero attached hydrogens (tertiary/aromatic N) is 1. The molecule has 1 N–H and O–H groups in total. The zero-order valence-corrected chi connectivity index (χ0v) is 16.9. The van der Waals surface area contributed by atoms with Gasteiger partial charge in [0.2, 0.25) is 0 Å². The van der Waals surface area contributed by atoms with Gasteiger partial charge in [-0.1, -0.05) is 6.07 Å². The van der Waals surface area contributed by atoms with Gasteiger partial charge >= 0.3 is 0 Å². The highest BCUT2D eigenvalue weighted by atomic mass is 16.6. The minimum absolute atomic E-state index is 0.301. The molecule has 2 aliphatic rings. The predicted molar refractivity (Wildman–Crippen MR) is 111 cm³/mol. The van der Waals surface area contributed by atoms with Crippen LogP contribution in [0.5, 0.6) is 17.2 Å². The van der Waals surface area contributed by atoms with Crippen molar-refractivity contribution in [2.24, 2.45) is 0 Å². The number of methoxy groups -OCH3 is 3. The Labute approximate surface area is 169 Å². The largest absolute Gasteiger partial charge is 0.632 e. The molecule has 0 bridgehead atoms. The van der Waals surface area contributed by atoms with Crippen LogP contribution in [-0.4, -0.2) is 43.7 Å². The Bertz CT molecular complexity index is 1130. The molecule has 29 heavy (non-hydrogen) atoms. The maximum Gasteiger partial charge on any atom is 0.161 e. The molecule has 152 valence electrons. The van der Waals surface area contributed by atoms with Crippen LogP contribution < -0.4 is 14.2 Å². The van der Waals surface area contributed by atoms with Crippen LogP contribution in [0.3, 0.4) is 0 Å². The molecule has 2 heterocycles. The number of hydrogen-bond donors (Lipinski definition) is 1. The van der Waals surface area contributed by atoms with Crippen molar-refractivity contribution < 1.29 is 24.0 Å². The molecule has 0 spiro atoms. The number of aliphatic hydroxyl groups excluding tert-OH is 1. The lowest BCUT2D eigenvalue weighted by atomic mass is 9.83. The zero-order valence-electron chi connectivity index (χ0n) is 16.9. The predicted octanol–water partition coefficient (Wildman–Crippen LogP) is 4.04. The summed E-state index contributed by atoms with van der Waals surface area (Å²) in [5.74, 6) is 1.99. The van der Waals surface area contributed by atoms with Crippen LogP contribution in [0.2, 0.25) is 0 Å². The van der Waals surface area contributed by atoms with Gasteiger partial charge in [-0.2, -0.15) is 0 Å². The summed E-state index contributed by atoms with van der Waals surface area (Å²) in [6, 6.07) is 9.47. The molecule has 3 atom stereocenters. The van der Waals surface area contributed by atoms with Crippen LogP contribution in [0.25, 0.3) is 21.5 Å². The molecular formula is C23H25NO5. The van der Waals surface area contributed by atoms with Gasteiger partial charge in [-0.15, -0.1) is 0 Å². The molecule has 0 saturated carbocycles. The van der Waals surface area contributed by atoms with E-state index in [1.165, 1.54) is 0 Å². The van der Waals surface area contributed by atoms with E-state index in [1.807, 2.05) is 30.3 Å². The molecule has 0 radical (unpaired) electrons. The monoisotopic (exact) mass is 395 g/mol. The van der Waals surface area contributed by atoms with Gasteiger partial charge in [0.25, 0.3) is 0 Å². The maximum absolute atomic E-state index is 13.5. The average Bonchev–Trinajstić information content (AvgIpc) is 3.14. The van der Waals surface area contributed by atoms with E-state index in [0.717, 1.165) is 51.3 Å². The standard InChI is InChI=1S/C23H25NO5/c1-27-13-6-7-14-15(9-13)16-10-20(28-2)21(29-3)11-17(16)18-12-24(26)8-4-5-19(24)23(25)22(14)18/h6-7,9-11,19,23,25H,4-5,8,12H2,1-3H3/t19-,23-,24?/m0/s1. The van der Waals surface area contributed by atoms with Gasteiger partial charge in [0.1, 0.15) is 24.4 Å². The van der Waals surface area contributed by atoms with Crippen molar-refractivity contribution in [2.75, 3.05) is 27.9 Å². The number of fused-ring (bicyclic) bond motifs is 7. The van der Waals surface area contributed by atoms with E-state index in [4.69, 9.17) is 14.2 Å². The van der Waals surface area contributed by atoms with Crippen molar-refractivity contribution in [3.05, 3.63) is 46.7 Å². The first-order valence-electron chi connectivity index (χ1n) is 9.95. The van der Waals surface area contributed by atoms with Gasteiger partial charge < -0.3 is 29.2 Å². The number of quaternary nitrogens is 1. The fourth-order valence-electron chi connectivity index (χ4n) is 5.32. The average molecular weight is 395 g/mol. The van der Waals surface area contributed by atoms with E-state index >= 15 is 0 Å². The van der Waals surface area contributed by atoms with Crippen LogP contribution in [0.1, 0.15) is 30.1 Å². The third-order valence-corrected chi connectivity index (χ3v) is 6.71. The summed E-state index contributed by atoms with van der Waals surface area (Å²) < 4.78 is 16.2. The van der Waals surface area contributed by atoms with Crippen molar-refractivity contribution >= 4 is 21.5 Å². The van der Waals surface area contributed by atoms with E-state index in [0.29, 0.717) is 24.6 Å². The lowest BCUT2D eigenvalue weighted by Crippen LogP contribution is -2.51.